The molecule has 2 heterocycles. The number of para-hydroxylation sites is 1. The SMILES string of the molecule is O=C(Nc1ccc(-n2c(=O)[nH]c3ccccc3c2=O)cc1)NS(=O)(=O)c1sc(Cl)cc1F. The minimum Gasteiger partial charge on any atom is -0.307 e. The van der Waals surface area contributed by atoms with Gasteiger partial charge in [-0.25, -0.2) is 31.7 Å². The first-order valence-corrected chi connectivity index (χ1v) is 11.5. The minimum atomic E-state index is -4.47. The van der Waals surface area contributed by atoms with Crippen LogP contribution in [-0.4, -0.2) is 24.0 Å². The molecule has 4 aromatic rings. The molecule has 2 aromatic heterocycles. The number of nitrogens with one attached hydrogen (secondary N) is 3. The second kappa shape index (κ2) is 8.22. The number of fused-ring (bicyclic) bond motifs is 1. The Morgan fingerprint density at radius 1 is 1.09 bits per heavy atom. The summed E-state index contributed by atoms with van der Waals surface area (Å²) in [6, 6.07) is 11.8. The molecule has 0 fully saturated rings. The molecule has 0 bridgehead atoms. The highest BCUT2D eigenvalue weighted by atomic mass is 35.5. The highest BCUT2D eigenvalue weighted by Gasteiger charge is 2.25. The van der Waals surface area contributed by atoms with E-state index in [1.807, 2.05) is 0 Å². The number of rotatable bonds is 4. The highest BCUT2D eigenvalue weighted by molar-refractivity contribution is 7.92. The molecule has 0 atom stereocenters. The van der Waals surface area contributed by atoms with Crippen LogP contribution in [0.2, 0.25) is 4.34 Å². The maximum absolute atomic E-state index is 13.7. The molecule has 0 aliphatic heterocycles. The topological polar surface area (TPSA) is 130 Å². The number of sulfonamides is 1. The zero-order valence-electron chi connectivity index (χ0n) is 15.8. The Bertz CT molecular complexity index is 1580. The van der Waals surface area contributed by atoms with E-state index in [1.165, 1.54) is 24.3 Å². The van der Waals surface area contributed by atoms with Crippen molar-refractivity contribution in [1.29, 1.82) is 0 Å². The van der Waals surface area contributed by atoms with Crippen LogP contribution in [0.3, 0.4) is 0 Å². The number of benzene rings is 2. The summed E-state index contributed by atoms with van der Waals surface area (Å²) in [5.74, 6) is -1.07. The molecule has 32 heavy (non-hydrogen) atoms. The quantitative estimate of drug-likeness (QED) is 0.401. The van der Waals surface area contributed by atoms with E-state index in [-0.39, 0.29) is 15.7 Å². The van der Waals surface area contributed by atoms with Crippen molar-refractivity contribution >= 4 is 55.6 Å². The molecule has 4 rings (SSSR count). The Morgan fingerprint density at radius 2 is 1.78 bits per heavy atom. The number of aromatic amines is 1. The summed E-state index contributed by atoms with van der Waals surface area (Å²) in [7, 11) is -4.47. The van der Waals surface area contributed by atoms with Crippen molar-refractivity contribution in [3.05, 3.63) is 85.6 Å². The van der Waals surface area contributed by atoms with E-state index in [1.54, 1.807) is 29.0 Å². The number of carbonyl (C=O) groups excluding carboxylic acids is 1. The molecule has 0 unspecified atom stereocenters. The van der Waals surface area contributed by atoms with Gasteiger partial charge in [-0.1, -0.05) is 23.7 Å². The van der Waals surface area contributed by atoms with E-state index >= 15 is 0 Å². The van der Waals surface area contributed by atoms with Crippen molar-refractivity contribution in [2.24, 2.45) is 0 Å². The maximum atomic E-state index is 13.7. The van der Waals surface area contributed by atoms with Crippen molar-refractivity contribution in [3.8, 4) is 5.69 Å². The first-order chi connectivity index (χ1) is 15.2. The summed E-state index contributed by atoms with van der Waals surface area (Å²) in [4.78, 5) is 39.7. The second-order valence-electron chi connectivity index (χ2n) is 6.41. The van der Waals surface area contributed by atoms with Crippen molar-refractivity contribution in [2.75, 3.05) is 5.32 Å². The summed E-state index contributed by atoms with van der Waals surface area (Å²) in [5.41, 5.74) is -0.369. The van der Waals surface area contributed by atoms with E-state index in [0.29, 0.717) is 22.2 Å². The van der Waals surface area contributed by atoms with Gasteiger partial charge < -0.3 is 10.3 Å². The van der Waals surface area contributed by atoms with Crippen molar-refractivity contribution in [3.63, 3.8) is 0 Å². The summed E-state index contributed by atoms with van der Waals surface area (Å²) in [5, 5.41) is 2.60. The van der Waals surface area contributed by atoms with Crippen LogP contribution in [0.4, 0.5) is 14.9 Å². The third-order valence-electron chi connectivity index (χ3n) is 4.29. The van der Waals surface area contributed by atoms with Crippen LogP contribution >= 0.6 is 22.9 Å². The molecular weight excluding hydrogens is 483 g/mol. The molecule has 0 spiro atoms. The monoisotopic (exact) mass is 494 g/mol. The van der Waals surface area contributed by atoms with E-state index in [2.05, 4.69) is 10.3 Å². The Morgan fingerprint density at radius 3 is 2.44 bits per heavy atom. The molecule has 0 aliphatic rings. The number of carbonyl (C=O) groups is 1. The number of H-pyrrole nitrogens is 1. The Balaban J connectivity index is 1.56. The standard InChI is InChI=1S/C19H12ClFN4O5S2/c20-15-9-13(21)17(31-15)32(29,30)24-18(27)22-10-5-7-11(8-6-10)25-16(26)12-3-1-2-4-14(12)23-19(25)28/h1-9H,(H,23,28)(H2,22,24,27). The van der Waals surface area contributed by atoms with Gasteiger partial charge in [-0.2, -0.15) is 0 Å². The lowest BCUT2D eigenvalue weighted by molar-refractivity contribution is 0.256. The average Bonchev–Trinajstić information content (AvgIpc) is 3.08. The molecule has 2 aromatic carbocycles. The molecule has 2 amide bonds. The van der Waals surface area contributed by atoms with Crippen LogP contribution in [0.25, 0.3) is 16.6 Å². The van der Waals surface area contributed by atoms with E-state index in [0.717, 1.165) is 10.6 Å². The van der Waals surface area contributed by atoms with Crippen LogP contribution in [0.15, 0.2) is 68.4 Å². The van der Waals surface area contributed by atoms with Crippen molar-refractivity contribution < 1.29 is 17.6 Å². The molecule has 0 saturated heterocycles. The van der Waals surface area contributed by atoms with Gasteiger partial charge in [0.05, 0.1) is 20.9 Å². The van der Waals surface area contributed by atoms with Crippen LogP contribution in [-0.2, 0) is 10.0 Å². The average molecular weight is 495 g/mol. The lowest BCUT2D eigenvalue weighted by Crippen LogP contribution is -2.34. The molecule has 3 N–H and O–H groups in total. The fourth-order valence-electron chi connectivity index (χ4n) is 2.92. The van der Waals surface area contributed by atoms with Gasteiger partial charge in [-0.05, 0) is 36.4 Å². The van der Waals surface area contributed by atoms with Gasteiger partial charge >= 0.3 is 11.7 Å². The number of nitrogens with zero attached hydrogens (tertiary/aromatic N) is 1. The number of amides is 2. The van der Waals surface area contributed by atoms with Gasteiger partial charge in [0.1, 0.15) is 0 Å². The van der Waals surface area contributed by atoms with Crippen molar-refractivity contribution in [2.45, 2.75) is 4.21 Å². The molecule has 9 nitrogen and oxygen atoms in total. The van der Waals surface area contributed by atoms with E-state index in [4.69, 9.17) is 11.6 Å². The Labute approximate surface area is 188 Å². The molecule has 164 valence electrons. The molecule has 0 saturated carbocycles. The first kappa shape index (κ1) is 21.7. The van der Waals surface area contributed by atoms with Gasteiger partial charge in [0.2, 0.25) is 0 Å². The fraction of sp³-hybridized carbons (Fsp3) is 0. The summed E-state index contributed by atoms with van der Waals surface area (Å²) in [6.07, 6.45) is 0. The van der Waals surface area contributed by atoms with Crippen LogP contribution in [0.1, 0.15) is 0 Å². The number of halogens is 2. The Hall–Kier alpha value is -3.48. The molecule has 0 radical (unpaired) electrons. The molecule has 13 heteroatoms. The second-order valence-corrected chi connectivity index (χ2v) is 9.97. The summed E-state index contributed by atoms with van der Waals surface area (Å²) >= 11 is 6.06. The predicted octanol–water partition coefficient (Wildman–Crippen LogP) is 3.04. The fourth-order valence-corrected chi connectivity index (χ4v) is 5.42. The summed E-state index contributed by atoms with van der Waals surface area (Å²) in [6.45, 7) is 0. The van der Waals surface area contributed by atoms with E-state index in [9.17, 15) is 27.2 Å². The lowest BCUT2D eigenvalue weighted by atomic mass is 10.2. The van der Waals surface area contributed by atoms with E-state index < -0.39 is 37.3 Å². The number of aromatic nitrogens is 2. The normalized spacial score (nSPS) is 11.4. The maximum Gasteiger partial charge on any atom is 0.333 e. The van der Waals surface area contributed by atoms with Crippen LogP contribution < -0.4 is 21.3 Å². The van der Waals surface area contributed by atoms with Crippen molar-refractivity contribution in [1.82, 2.24) is 14.3 Å². The largest absolute Gasteiger partial charge is 0.333 e. The lowest BCUT2D eigenvalue weighted by Gasteiger charge is -2.09. The summed E-state index contributed by atoms with van der Waals surface area (Å²) < 4.78 is 39.8. The number of hydrogen-bond acceptors (Lipinski definition) is 6. The number of urea groups is 1. The van der Waals surface area contributed by atoms with Gasteiger partial charge in [-0.3, -0.25) is 4.79 Å². The number of thiophene rings is 1. The van der Waals surface area contributed by atoms with Gasteiger partial charge in [0, 0.05) is 11.8 Å². The predicted molar refractivity (Wildman–Crippen MR) is 119 cm³/mol. The van der Waals surface area contributed by atoms with Gasteiger partial charge in [0.15, 0.2) is 10.0 Å². The minimum absolute atomic E-state index is 0.0854. The Kier molecular flexibility index (Phi) is 5.59. The first-order valence-electron chi connectivity index (χ1n) is 8.79. The smallest absolute Gasteiger partial charge is 0.307 e. The number of hydrogen-bond donors (Lipinski definition) is 3. The third-order valence-corrected chi connectivity index (χ3v) is 7.36. The zero-order valence-corrected chi connectivity index (χ0v) is 18.1. The highest BCUT2D eigenvalue weighted by Crippen LogP contribution is 2.29. The van der Waals surface area contributed by atoms with Gasteiger partial charge in [0.25, 0.3) is 15.6 Å². The zero-order chi connectivity index (χ0) is 23.0. The van der Waals surface area contributed by atoms with Crippen LogP contribution in [0.5, 0.6) is 0 Å². The molecular formula is C19H12ClFN4O5S2. The number of anilines is 1. The molecule has 0 aliphatic carbocycles. The van der Waals surface area contributed by atoms with Crippen LogP contribution in [0, 0.1) is 5.82 Å². The third kappa shape index (κ3) is 4.15. The van der Waals surface area contributed by atoms with Gasteiger partial charge in [-0.15, -0.1) is 11.3 Å².